The van der Waals surface area contributed by atoms with Crippen molar-refractivity contribution in [2.24, 2.45) is 5.73 Å². The maximum absolute atomic E-state index is 13.2. The molecule has 1 aromatic carbocycles. The van der Waals surface area contributed by atoms with E-state index in [1.165, 1.54) is 30.2 Å². The molecule has 1 aliphatic heterocycles. The lowest BCUT2D eigenvalue weighted by Crippen LogP contribution is -2.38. The highest BCUT2D eigenvalue weighted by Crippen LogP contribution is 2.48. The number of aryl methyl sites for hydroxylation is 1. The number of halogens is 1. The van der Waals surface area contributed by atoms with Crippen LogP contribution in [0.3, 0.4) is 0 Å². The summed E-state index contributed by atoms with van der Waals surface area (Å²) in [6.45, 7) is 1.99. The summed E-state index contributed by atoms with van der Waals surface area (Å²) in [5.41, 5.74) is 8.76. The van der Waals surface area contributed by atoms with Crippen LogP contribution in [-0.2, 0) is 9.59 Å². The molecule has 3 N–H and O–H groups in total. The number of Topliss-reactive ketones (excluding diaryl/α,β-unsaturated/α-hetero) is 1. The second-order valence-corrected chi connectivity index (χ2v) is 12.7. The number of rotatable bonds is 7. The molecule has 1 aliphatic carbocycles. The van der Waals surface area contributed by atoms with Crippen LogP contribution in [0.15, 0.2) is 57.3 Å². The molecule has 1 atom stereocenters. The number of ether oxygens (including phenoxy) is 1. The fourth-order valence-electron chi connectivity index (χ4n) is 4.64. The van der Waals surface area contributed by atoms with E-state index in [0.717, 1.165) is 15.5 Å². The number of nitrogens with zero attached hydrogens (tertiary/aromatic N) is 4. The minimum absolute atomic E-state index is 0.0183. The number of nitriles is 1. The lowest BCUT2D eigenvalue weighted by atomic mass is 9.78. The fraction of sp³-hybridized carbons (Fsp3) is 0.269. The van der Waals surface area contributed by atoms with Gasteiger partial charge in [-0.2, -0.15) is 5.26 Å². The first-order chi connectivity index (χ1) is 18.8. The van der Waals surface area contributed by atoms with E-state index in [1.807, 2.05) is 19.1 Å². The third-order valence-electron chi connectivity index (χ3n) is 6.31. The molecule has 39 heavy (non-hydrogen) atoms. The fourth-order valence-corrected chi connectivity index (χ4v) is 7.49. The summed E-state index contributed by atoms with van der Waals surface area (Å²) in [6.07, 6.45) is 1.75. The zero-order valence-electron chi connectivity index (χ0n) is 21.0. The first-order valence-electron chi connectivity index (χ1n) is 11.9. The van der Waals surface area contributed by atoms with Gasteiger partial charge in [0.05, 0.1) is 36.1 Å². The molecule has 3 heterocycles. The Hall–Kier alpha value is -3.37. The number of carbonyl (C=O) groups excluding carboxylic acids is 2. The van der Waals surface area contributed by atoms with Crippen LogP contribution >= 0.6 is 46.0 Å². The number of benzene rings is 1. The molecule has 3 aromatic rings. The molecule has 5 rings (SSSR count). The van der Waals surface area contributed by atoms with Gasteiger partial charge in [0.15, 0.2) is 10.1 Å². The van der Waals surface area contributed by atoms with Crippen LogP contribution < -0.4 is 20.7 Å². The first-order valence-corrected chi connectivity index (χ1v) is 14.9. The molecule has 0 radical (unpaired) electrons. The molecule has 1 unspecified atom stereocenters. The van der Waals surface area contributed by atoms with E-state index in [1.54, 1.807) is 34.4 Å². The number of ketones is 1. The summed E-state index contributed by atoms with van der Waals surface area (Å²) in [4.78, 5) is 29.5. The summed E-state index contributed by atoms with van der Waals surface area (Å²) in [7, 11) is 1.51. The zero-order valence-corrected chi connectivity index (χ0v) is 24.2. The highest BCUT2D eigenvalue weighted by molar-refractivity contribution is 8.01. The van der Waals surface area contributed by atoms with Crippen LogP contribution in [0.25, 0.3) is 0 Å². The molecule has 0 saturated heterocycles. The largest absolute Gasteiger partial charge is 0.495 e. The van der Waals surface area contributed by atoms with Crippen LogP contribution in [0, 0.1) is 18.3 Å². The number of allylic oxidation sites excluding steroid dienone is 3. The van der Waals surface area contributed by atoms with E-state index in [0.29, 0.717) is 56.3 Å². The van der Waals surface area contributed by atoms with Gasteiger partial charge < -0.3 is 15.8 Å². The van der Waals surface area contributed by atoms with Gasteiger partial charge in [0.25, 0.3) is 0 Å². The van der Waals surface area contributed by atoms with E-state index in [-0.39, 0.29) is 23.3 Å². The van der Waals surface area contributed by atoms with Crippen molar-refractivity contribution < 1.29 is 14.3 Å². The topological polar surface area (TPSA) is 134 Å². The van der Waals surface area contributed by atoms with Gasteiger partial charge in [-0.1, -0.05) is 34.7 Å². The van der Waals surface area contributed by atoms with E-state index >= 15 is 0 Å². The van der Waals surface area contributed by atoms with Crippen molar-refractivity contribution in [3.8, 4) is 11.8 Å². The van der Waals surface area contributed by atoms with E-state index in [2.05, 4.69) is 21.6 Å². The highest BCUT2D eigenvalue weighted by Gasteiger charge is 2.41. The number of hydrogen-bond donors (Lipinski definition) is 2. The van der Waals surface area contributed by atoms with Crippen molar-refractivity contribution >= 4 is 68.5 Å². The lowest BCUT2D eigenvalue weighted by molar-refractivity contribution is -0.116. The summed E-state index contributed by atoms with van der Waals surface area (Å²) >= 11 is 10.1. The summed E-state index contributed by atoms with van der Waals surface area (Å²) in [5, 5.41) is 22.4. The van der Waals surface area contributed by atoms with Gasteiger partial charge in [0, 0.05) is 32.5 Å². The predicted molar refractivity (Wildman–Crippen MR) is 154 cm³/mol. The van der Waals surface area contributed by atoms with Gasteiger partial charge in [-0.05, 0) is 50.1 Å². The smallest absolute Gasteiger partial charge is 0.234 e. The minimum Gasteiger partial charge on any atom is -0.495 e. The molecule has 1 amide bonds. The number of nitrogens with two attached hydrogens (primary N) is 1. The predicted octanol–water partition coefficient (Wildman–Crippen LogP) is 5.61. The van der Waals surface area contributed by atoms with Gasteiger partial charge in [-0.25, -0.2) is 0 Å². The van der Waals surface area contributed by atoms with Crippen molar-refractivity contribution in [2.75, 3.05) is 23.1 Å². The van der Waals surface area contributed by atoms with Crippen molar-refractivity contribution in [2.45, 2.75) is 36.4 Å². The Morgan fingerprint density at radius 2 is 2.13 bits per heavy atom. The van der Waals surface area contributed by atoms with Crippen molar-refractivity contribution in [3.05, 3.63) is 67.8 Å². The maximum atomic E-state index is 13.2. The number of methoxy groups -OCH3 is 1. The van der Waals surface area contributed by atoms with Crippen molar-refractivity contribution in [1.29, 1.82) is 5.26 Å². The molecule has 2 aromatic heterocycles. The molecule has 9 nitrogen and oxygen atoms in total. The Bertz CT molecular complexity index is 1570. The number of amides is 1. The molecular weight excluding hydrogens is 576 g/mol. The van der Waals surface area contributed by atoms with Crippen LogP contribution in [0.1, 0.15) is 34.9 Å². The molecular formula is C26H23ClN6O3S3. The normalized spacial score (nSPS) is 17.2. The second-order valence-electron chi connectivity index (χ2n) is 8.80. The Kier molecular flexibility index (Phi) is 7.95. The summed E-state index contributed by atoms with van der Waals surface area (Å²) in [6, 6.07) is 11.2. The molecule has 2 aliphatic rings. The quantitative estimate of drug-likeness (QED) is 0.333. The standard InChI is InChI=1S/C26H23ClN6O3S3/c1-13-6-9-20(38-13)22-15(11-28)24(29)33(17-4-3-5-18(34)23(17)22)25-31-32-26(39-25)37-12-21(35)30-16-10-14(27)7-8-19(16)36-2/h6-10,22H,3-5,12,29H2,1-2H3,(H,30,35). The molecule has 200 valence electrons. The molecule has 0 fully saturated rings. The molecule has 0 bridgehead atoms. The maximum Gasteiger partial charge on any atom is 0.234 e. The Labute approximate surface area is 242 Å². The van der Waals surface area contributed by atoms with Crippen LogP contribution in [0.5, 0.6) is 5.75 Å². The first kappa shape index (κ1) is 27.2. The Morgan fingerprint density at radius 1 is 1.31 bits per heavy atom. The van der Waals surface area contributed by atoms with Crippen LogP contribution in [0.4, 0.5) is 10.8 Å². The number of carbonyl (C=O) groups is 2. The summed E-state index contributed by atoms with van der Waals surface area (Å²) in [5.74, 6) is 0.0924. The van der Waals surface area contributed by atoms with E-state index in [9.17, 15) is 14.9 Å². The number of nitrogens with one attached hydrogen (secondary N) is 1. The van der Waals surface area contributed by atoms with Gasteiger partial charge in [0.2, 0.25) is 11.0 Å². The summed E-state index contributed by atoms with van der Waals surface area (Å²) < 4.78 is 5.82. The van der Waals surface area contributed by atoms with Crippen LogP contribution in [0.2, 0.25) is 5.02 Å². The second kappa shape index (κ2) is 11.4. The van der Waals surface area contributed by atoms with Crippen LogP contribution in [-0.4, -0.2) is 34.8 Å². The van der Waals surface area contributed by atoms with Crippen molar-refractivity contribution in [1.82, 2.24) is 10.2 Å². The van der Waals surface area contributed by atoms with Gasteiger partial charge in [-0.15, -0.1) is 21.5 Å². The number of hydrogen-bond acceptors (Lipinski definition) is 11. The third kappa shape index (κ3) is 5.40. The SMILES string of the molecule is COc1ccc(Cl)cc1NC(=O)CSc1nnc(N2C(N)=C(C#N)C(c3ccc(C)s3)C3=C2CCCC3=O)s1. The average Bonchev–Trinajstić information content (AvgIpc) is 3.56. The zero-order chi connectivity index (χ0) is 27.7. The lowest BCUT2D eigenvalue weighted by Gasteiger charge is -2.37. The third-order valence-corrected chi connectivity index (χ3v) is 9.65. The number of aromatic nitrogens is 2. The number of anilines is 2. The Morgan fingerprint density at radius 3 is 2.85 bits per heavy atom. The van der Waals surface area contributed by atoms with E-state index < -0.39 is 5.92 Å². The number of thiophene rings is 1. The number of thioether (sulfide) groups is 1. The van der Waals surface area contributed by atoms with E-state index in [4.69, 9.17) is 22.1 Å². The van der Waals surface area contributed by atoms with Gasteiger partial charge >= 0.3 is 0 Å². The molecule has 13 heteroatoms. The highest BCUT2D eigenvalue weighted by atomic mass is 35.5. The van der Waals surface area contributed by atoms with Gasteiger partial charge in [-0.3, -0.25) is 14.5 Å². The van der Waals surface area contributed by atoms with Crippen molar-refractivity contribution in [3.63, 3.8) is 0 Å². The van der Waals surface area contributed by atoms with Gasteiger partial charge in [0.1, 0.15) is 11.6 Å². The molecule has 0 saturated carbocycles. The average molecular weight is 599 g/mol. The minimum atomic E-state index is -0.485. The Balaban J connectivity index is 1.39. The monoisotopic (exact) mass is 598 g/mol. The molecule has 0 spiro atoms.